The number of nitrogens with one attached hydrogen (secondary N) is 2. The Labute approximate surface area is 200 Å². The number of carbonyl (C=O) groups excluding carboxylic acids is 3. The Morgan fingerprint density at radius 2 is 1.85 bits per heavy atom. The molecule has 1 atom stereocenters. The van der Waals surface area contributed by atoms with E-state index < -0.39 is 12.0 Å². The summed E-state index contributed by atoms with van der Waals surface area (Å²) in [5.41, 5.74) is 1.66. The molecule has 0 saturated carbocycles. The lowest BCUT2D eigenvalue weighted by atomic mass is 9.93. The number of likely N-dealkylation sites (N-methyl/N-ethyl adjacent to an activating group) is 1. The molecule has 0 radical (unpaired) electrons. The van der Waals surface area contributed by atoms with E-state index in [0.717, 1.165) is 6.42 Å². The van der Waals surface area contributed by atoms with Gasteiger partial charge in [0.2, 0.25) is 0 Å². The molecule has 0 unspecified atom stereocenters. The topological polar surface area (TPSA) is 103 Å². The van der Waals surface area contributed by atoms with Gasteiger partial charge in [-0.3, -0.25) is 9.80 Å². The number of methoxy groups -OCH3 is 1. The van der Waals surface area contributed by atoms with E-state index in [1.807, 2.05) is 25.1 Å². The Balaban J connectivity index is 1.89. The van der Waals surface area contributed by atoms with E-state index in [4.69, 9.17) is 9.47 Å². The minimum Gasteiger partial charge on any atom is -0.496 e. The third-order valence-corrected chi connectivity index (χ3v) is 6.08. The maximum absolute atomic E-state index is 13.1. The number of hydrogen-bond acceptors (Lipinski definition) is 6. The average molecular weight is 474 g/mol. The molecule has 0 aliphatic carbocycles. The molecule has 1 aromatic rings. The van der Waals surface area contributed by atoms with Crippen molar-refractivity contribution in [1.29, 1.82) is 0 Å². The summed E-state index contributed by atoms with van der Waals surface area (Å²) in [6.07, 6.45) is 0.887. The van der Waals surface area contributed by atoms with Crippen molar-refractivity contribution in [2.75, 3.05) is 60.0 Å². The van der Waals surface area contributed by atoms with E-state index in [9.17, 15) is 14.4 Å². The first-order valence-corrected chi connectivity index (χ1v) is 11.7. The fourth-order valence-electron chi connectivity index (χ4n) is 4.20. The number of piperazine rings is 1. The molecule has 4 amide bonds. The number of esters is 1. The third kappa shape index (κ3) is 5.61. The second-order valence-corrected chi connectivity index (χ2v) is 8.26. The highest BCUT2D eigenvalue weighted by Gasteiger charge is 2.38. The fourth-order valence-corrected chi connectivity index (χ4v) is 4.20. The van der Waals surface area contributed by atoms with E-state index in [-0.39, 0.29) is 18.7 Å². The van der Waals surface area contributed by atoms with Crippen molar-refractivity contribution in [2.45, 2.75) is 26.3 Å². The van der Waals surface area contributed by atoms with Gasteiger partial charge in [-0.2, -0.15) is 0 Å². The minimum atomic E-state index is -0.699. The van der Waals surface area contributed by atoms with E-state index >= 15 is 0 Å². The van der Waals surface area contributed by atoms with Gasteiger partial charge in [0.1, 0.15) is 5.75 Å². The lowest BCUT2D eigenvalue weighted by molar-refractivity contribution is -0.139. The van der Waals surface area contributed by atoms with Gasteiger partial charge in [0, 0.05) is 57.6 Å². The van der Waals surface area contributed by atoms with Crippen LogP contribution in [0, 0.1) is 0 Å². The van der Waals surface area contributed by atoms with Crippen LogP contribution in [0.15, 0.2) is 35.5 Å². The third-order valence-electron chi connectivity index (χ3n) is 6.08. The van der Waals surface area contributed by atoms with Gasteiger partial charge in [-0.25, -0.2) is 14.4 Å². The minimum absolute atomic E-state index is 0.0571. The Morgan fingerprint density at radius 3 is 2.50 bits per heavy atom. The van der Waals surface area contributed by atoms with Crippen molar-refractivity contribution < 1.29 is 23.9 Å². The van der Waals surface area contributed by atoms with Crippen molar-refractivity contribution in [3.8, 4) is 5.75 Å². The molecule has 186 valence electrons. The van der Waals surface area contributed by atoms with Crippen LogP contribution in [0.1, 0.15) is 31.9 Å². The van der Waals surface area contributed by atoms with Crippen LogP contribution in [0.5, 0.6) is 5.75 Å². The van der Waals surface area contributed by atoms with Gasteiger partial charge in [-0.05, 0) is 19.4 Å². The molecular weight excluding hydrogens is 438 g/mol. The SMILES string of the molecule is CCCNC(=O)N1CCN(CC2=C(C(=O)OCC)[C@H](c3ccccc3OC)NC(=O)N2C)CC1. The zero-order valence-corrected chi connectivity index (χ0v) is 20.4. The highest BCUT2D eigenvalue weighted by molar-refractivity contribution is 5.95. The van der Waals surface area contributed by atoms with Crippen molar-refractivity contribution >= 4 is 18.0 Å². The van der Waals surface area contributed by atoms with Crippen LogP contribution in [-0.2, 0) is 9.53 Å². The molecule has 1 saturated heterocycles. The number of ether oxygens (including phenoxy) is 2. The highest BCUT2D eigenvalue weighted by Crippen LogP contribution is 2.35. The predicted octanol–water partition coefficient (Wildman–Crippen LogP) is 1.95. The molecular formula is C24H35N5O5. The molecule has 2 heterocycles. The summed E-state index contributed by atoms with van der Waals surface area (Å²) in [4.78, 5) is 43.7. The number of para-hydroxylation sites is 1. The lowest BCUT2D eigenvalue weighted by Gasteiger charge is -2.39. The number of urea groups is 2. The van der Waals surface area contributed by atoms with Crippen molar-refractivity contribution in [1.82, 2.24) is 25.3 Å². The first-order valence-electron chi connectivity index (χ1n) is 11.7. The van der Waals surface area contributed by atoms with Gasteiger partial charge in [0.15, 0.2) is 0 Å². The van der Waals surface area contributed by atoms with Crippen molar-refractivity contribution in [3.63, 3.8) is 0 Å². The number of rotatable bonds is 8. The summed E-state index contributed by atoms with van der Waals surface area (Å²) >= 11 is 0. The highest BCUT2D eigenvalue weighted by atomic mass is 16.5. The molecule has 0 aromatic heterocycles. The summed E-state index contributed by atoms with van der Waals surface area (Å²) in [5.74, 6) is 0.100. The summed E-state index contributed by atoms with van der Waals surface area (Å²) < 4.78 is 10.9. The van der Waals surface area contributed by atoms with E-state index in [2.05, 4.69) is 15.5 Å². The van der Waals surface area contributed by atoms with Gasteiger partial charge in [-0.1, -0.05) is 25.1 Å². The maximum Gasteiger partial charge on any atom is 0.338 e. The van der Waals surface area contributed by atoms with E-state index in [1.165, 1.54) is 4.90 Å². The molecule has 0 spiro atoms. The molecule has 1 fully saturated rings. The number of hydrogen-bond donors (Lipinski definition) is 2. The predicted molar refractivity (Wildman–Crippen MR) is 127 cm³/mol. The Morgan fingerprint density at radius 1 is 1.15 bits per heavy atom. The van der Waals surface area contributed by atoms with Crippen molar-refractivity contribution in [2.24, 2.45) is 0 Å². The maximum atomic E-state index is 13.1. The van der Waals surface area contributed by atoms with Crippen LogP contribution < -0.4 is 15.4 Å². The summed E-state index contributed by atoms with van der Waals surface area (Å²) in [7, 11) is 3.21. The molecule has 2 aliphatic heterocycles. The van der Waals surface area contributed by atoms with Crippen LogP contribution in [0.3, 0.4) is 0 Å². The standard InChI is InChI=1S/C24H35N5O5/c1-5-11-25-23(31)29-14-12-28(13-15-29)16-18-20(22(30)34-6-2)21(26-24(32)27(18)3)17-9-7-8-10-19(17)33-4/h7-10,21H,5-6,11-16H2,1-4H3,(H,25,31)(H,26,32)/t21-/m0/s1. The van der Waals surface area contributed by atoms with E-state index in [0.29, 0.717) is 61.9 Å². The monoisotopic (exact) mass is 473 g/mol. The molecule has 1 aromatic carbocycles. The smallest absolute Gasteiger partial charge is 0.338 e. The molecule has 10 heteroatoms. The van der Waals surface area contributed by atoms with E-state index in [1.54, 1.807) is 32.0 Å². The molecule has 0 bridgehead atoms. The molecule has 10 nitrogen and oxygen atoms in total. The quantitative estimate of drug-likeness (QED) is 0.560. The largest absolute Gasteiger partial charge is 0.496 e. The van der Waals surface area contributed by atoms with Crippen LogP contribution >= 0.6 is 0 Å². The molecule has 2 aliphatic rings. The van der Waals surface area contributed by atoms with Gasteiger partial charge < -0.3 is 25.0 Å². The Kier molecular flexibility index (Phi) is 8.75. The lowest BCUT2D eigenvalue weighted by Crippen LogP contribution is -2.54. The number of amides is 4. The average Bonchev–Trinajstić information content (AvgIpc) is 2.85. The first kappa shape index (κ1) is 25.4. The van der Waals surface area contributed by atoms with Gasteiger partial charge in [-0.15, -0.1) is 0 Å². The van der Waals surface area contributed by atoms with Crippen LogP contribution in [0.2, 0.25) is 0 Å². The zero-order valence-electron chi connectivity index (χ0n) is 20.4. The van der Waals surface area contributed by atoms with Crippen molar-refractivity contribution in [3.05, 3.63) is 41.1 Å². The second-order valence-electron chi connectivity index (χ2n) is 8.26. The summed E-state index contributed by atoms with van der Waals surface area (Å²) in [6.45, 7) is 7.44. The van der Waals surface area contributed by atoms with Gasteiger partial charge in [0.25, 0.3) is 0 Å². The Bertz CT molecular complexity index is 926. The summed E-state index contributed by atoms with van der Waals surface area (Å²) in [6, 6.07) is 6.24. The van der Waals surface area contributed by atoms with Gasteiger partial charge >= 0.3 is 18.0 Å². The molecule has 34 heavy (non-hydrogen) atoms. The van der Waals surface area contributed by atoms with Crippen LogP contribution in [0.4, 0.5) is 9.59 Å². The van der Waals surface area contributed by atoms with Crippen LogP contribution in [-0.4, -0.2) is 92.8 Å². The van der Waals surface area contributed by atoms with Gasteiger partial charge in [0.05, 0.1) is 25.3 Å². The number of nitrogens with zero attached hydrogens (tertiary/aromatic N) is 3. The number of carbonyl (C=O) groups is 3. The number of benzene rings is 1. The zero-order chi connectivity index (χ0) is 24.7. The van der Waals surface area contributed by atoms with Crippen LogP contribution in [0.25, 0.3) is 0 Å². The fraction of sp³-hybridized carbons (Fsp3) is 0.542. The normalized spacial score (nSPS) is 19.1. The Hall–Kier alpha value is -3.27. The molecule has 3 rings (SSSR count). The summed E-state index contributed by atoms with van der Waals surface area (Å²) in [5, 5.41) is 5.83. The molecule has 2 N–H and O–H groups in total. The second kappa shape index (κ2) is 11.7. The first-order chi connectivity index (χ1) is 16.4.